The fraction of sp³-hybridized carbons (Fsp3) is 0.933. The third-order valence-corrected chi connectivity index (χ3v) is 3.61. The number of nitriles is 1. The highest BCUT2D eigenvalue weighted by Crippen LogP contribution is 2.17. The molecule has 0 bridgehead atoms. The third-order valence-electron chi connectivity index (χ3n) is 3.61. The maximum atomic E-state index is 9.36. The van der Waals surface area contributed by atoms with E-state index in [2.05, 4.69) is 58.0 Å². The van der Waals surface area contributed by atoms with Gasteiger partial charge in [-0.25, -0.2) is 0 Å². The van der Waals surface area contributed by atoms with Gasteiger partial charge in [0.1, 0.15) is 5.54 Å². The molecule has 3 unspecified atom stereocenters. The number of hydrogen-bond donors (Lipinski definition) is 1. The van der Waals surface area contributed by atoms with Crippen molar-refractivity contribution in [1.82, 2.24) is 10.2 Å². The van der Waals surface area contributed by atoms with Crippen molar-refractivity contribution in [1.29, 1.82) is 5.26 Å². The summed E-state index contributed by atoms with van der Waals surface area (Å²) in [6.45, 7) is 14.0. The van der Waals surface area contributed by atoms with Crippen LogP contribution in [-0.2, 0) is 0 Å². The predicted molar refractivity (Wildman–Crippen MR) is 78.5 cm³/mol. The highest BCUT2D eigenvalue weighted by Gasteiger charge is 2.28. The van der Waals surface area contributed by atoms with Gasteiger partial charge in [-0.15, -0.1) is 0 Å². The van der Waals surface area contributed by atoms with Crippen LogP contribution >= 0.6 is 0 Å². The molecular formula is C15H31N3. The van der Waals surface area contributed by atoms with Gasteiger partial charge in [-0.3, -0.25) is 5.32 Å². The fourth-order valence-electron chi connectivity index (χ4n) is 2.32. The van der Waals surface area contributed by atoms with Crippen molar-refractivity contribution in [2.45, 2.75) is 72.0 Å². The van der Waals surface area contributed by atoms with E-state index in [1.54, 1.807) is 0 Å². The van der Waals surface area contributed by atoms with Crippen LogP contribution < -0.4 is 5.32 Å². The van der Waals surface area contributed by atoms with Gasteiger partial charge in [-0.05, 0) is 47.1 Å². The van der Waals surface area contributed by atoms with Crippen molar-refractivity contribution in [3.05, 3.63) is 0 Å². The van der Waals surface area contributed by atoms with E-state index in [4.69, 9.17) is 0 Å². The Morgan fingerprint density at radius 3 is 2.22 bits per heavy atom. The van der Waals surface area contributed by atoms with Crippen LogP contribution in [0.5, 0.6) is 0 Å². The van der Waals surface area contributed by atoms with Crippen LogP contribution in [0.2, 0.25) is 0 Å². The molecule has 0 radical (unpaired) electrons. The monoisotopic (exact) mass is 253 g/mol. The Kier molecular flexibility index (Phi) is 7.51. The summed E-state index contributed by atoms with van der Waals surface area (Å²) in [5.41, 5.74) is -0.433. The Bertz CT molecular complexity index is 269. The Balaban J connectivity index is 4.43. The predicted octanol–water partition coefficient (Wildman–Crippen LogP) is 3.02. The van der Waals surface area contributed by atoms with Gasteiger partial charge < -0.3 is 4.90 Å². The van der Waals surface area contributed by atoms with Gasteiger partial charge in [0.25, 0.3) is 0 Å². The molecular weight excluding hydrogens is 222 g/mol. The molecule has 0 rings (SSSR count). The summed E-state index contributed by atoms with van der Waals surface area (Å²) < 4.78 is 0. The van der Waals surface area contributed by atoms with Crippen molar-refractivity contribution in [2.24, 2.45) is 5.92 Å². The summed E-state index contributed by atoms with van der Waals surface area (Å²) in [6, 6.07) is 3.17. The van der Waals surface area contributed by atoms with Crippen LogP contribution in [0.1, 0.15) is 54.4 Å². The minimum atomic E-state index is -0.433. The molecule has 0 aromatic carbocycles. The molecule has 0 heterocycles. The summed E-state index contributed by atoms with van der Waals surface area (Å²) in [6.07, 6.45) is 2.06. The van der Waals surface area contributed by atoms with E-state index in [1.807, 2.05) is 6.92 Å². The number of rotatable bonds is 8. The molecule has 0 fully saturated rings. The smallest absolute Gasteiger partial charge is 0.105 e. The topological polar surface area (TPSA) is 39.1 Å². The molecule has 1 N–H and O–H groups in total. The van der Waals surface area contributed by atoms with Crippen molar-refractivity contribution in [3.8, 4) is 6.07 Å². The van der Waals surface area contributed by atoms with Crippen LogP contribution in [0.3, 0.4) is 0 Å². The van der Waals surface area contributed by atoms with Gasteiger partial charge in [0.2, 0.25) is 0 Å². The van der Waals surface area contributed by atoms with Crippen molar-refractivity contribution in [3.63, 3.8) is 0 Å². The van der Waals surface area contributed by atoms with E-state index in [9.17, 15) is 5.26 Å². The van der Waals surface area contributed by atoms with Crippen molar-refractivity contribution < 1.29 is 0 Å². The van der Waals surface area contributed by atoms with Crippen molar-refractivity contribution >= 4 is 0 Å². The van der Waals surface area contributed by atoms with Gasteiger partial charge >= 0.3 is 0 Å². The average molecular weight is 253 g/mol. The Labute approximate surface area is 114 Å². The second kappa shape index (κ2) is 7.76. The summed E-state index contributed by atoms with van der Waals surface area (Å²) in [7, 11) is 2.16. The molecule has 0 saturated heterocycles. The lowest BCUT2D eigenvalue weighted by atomic mass is 9.93. The Morgan fingerprint density at radius 1 is 1.28 bits per heavy atom. The molecule has 3 atom stereocenters. The van der Waals surface area contributed by atoms with Gasteiger partial charge in [-0.2, -0.15) is 5.26 Å². The maximum absolute atomic E-state index is 9.36. The van der Waals surface area contributed by atoms with Crippen LogP contribution in [0.4, 0.5) is 0 Å². The second-order valence-corrected chi connectivity index (χ2v) is 6.25. The normalized spacial score (nSPS) is 18.4. The zero-order valence-corrected chi connectivity index (χ0v) is 13.2. The molecule has 0 aromatic heterocycles. The molecule has 18 heavy (non-hydrogen) atoms. The molecule has 0 amide bonds. The first-order valence-electron chi connectivity index (χ1n) is 7.13. The fourth-order valence-corrected chi connectivity index (χ4v) is 2.32. The van der Waals surface area contributed by atoms with E-state index in [0.717, 1.165) is 13.0 Å². The molecule has 0 aliphatic heterocycles. The number of hydrogen-bond acceptors (Lipinski definition) is 3. The quantitative estimate of drug-likeness (QED) is 0.722. The molecule has 0 aliphatic carbocycles. The minimum Gasteiger partial charge on any atom is -0.303 e. The summed E-state index contributed by atoms with van der Waals surface area (Å²) in [4.78, 5) is 2.37. The van der Waals surface area contributed by atoms with Gasteiger partial charge in [0, 0.05) is 18.6 Å². The number of nitrogens with one attached hydrogen (secondary N) is 1. The van der Waals surface area contributed by atoms with E-state index in [1.165, 1.54) is 6.42 Å². The maximum Gasteiger partial charge on any atom is 0.105 e. The van der Waals surface area contributed by atoms with Gasteiger partial charge in [0.15, 0.2) is 0 Å². The SMILES string of the molecule is CCC(C)CN(C)C(C)CC(C)(C#N)NC(C)C. The molecule has 0 spiro atoms. The summed E-state index contributed by atoms with van der Waals surface area (Å²) >= 11 is 0. The van der Waals surface area contributed by atoms with Crippen LogP contribution in [0.15, 0.2) is 0 Å². The minimum absolute atomic E-state index is 0.335. The zero-order valence-electron chi connectivity index (χ0n) is 13.2. The van der Waals surface area contributed by atoms with E-state index < -0.39 is 5.54 Å². The Morgan fingerprint density at radius 2 is 1.83 bits per heavy atom. The highest BCUT2D eigenvalue weighted by molar-refractivity contribution is 5.06. The molecule has 3 heteroatoms. The lowest BCUT2D eigenvalue weighted by Crippen LogP contribution is -2.49. The highest BCUT2D eigenvalue weighted by atomic mass is 15.1. The lowest BCUT2D eigenvalue weighted by molar-refractivity contribution is 0.185. The first-order chi connectivity index (χ1) is 8.24. The second-order valence-electron chi connectivity index (χ2n) is 6.25. The summed E-state index contributed by atoms with van der Waals surface area (Å²) in [5, 5.41) is 12.7. The van der Waals surface area contributed by atoms with E-state index in [-0.39, 0.29) is 0 Å². The van der Waals surface area contributed by atoms with Gasteiger partial charge in [0.05, 0.1) is 6.07 Å². The largest absolute Gasteiger partial charge is 0.303 e. The Hall–Kier alpha value is -0.590. The van der Waals surface area contributed by atoms with E-state index in [0.29, 0.717) is 18.0 Å². The zero-order chi connectivity index (χ0) is 14.3. The molecule has 3 nitrogen and oxygen atoms in total. The first-order valence-corrected chi connectivity index (χ1v) is 7.13. The molecule has 0 saturated carbocycles. The lowest BCUT2D eigenvalue weighted by Gasteiger charge is -2.34. The van der Waals surface area contributed by atoms with Crippen molar-refractivity contribution in [2.75, 3.05) is 13.6 Å². The molecule has 0 aliphatic rings. The standard InChI is InChI=1S/C15H31N3/c1-8-13(4)10-18(7)14(5)9-15(6,11-16)17-12(2)3/h12-14,17H,8-10H2,1-7H3. The van der Waals surface area contributed by atoms with Gasteiger partial charge in [-0.1, -0.05) is 20.3 Å². The molecule has 106 valence electrons. The third kappa shape index (κ3) is 6.37. The molecule has 0 aromatic rings. The van der Waals surface area contributed by atoms with Crippen LogP contribution in [-0.4, -0.2) is 36.1 Å². The number of nitrogens with zero attached hydrogens (tertiary/aromatic N) is 2. The van der Waals surface area contributed by atoms with Crippen LogP contribution in [0.25, 0.3) is 0 Å². The van der Waals surface area contributed by atoms with E-state index >= 15 is 0 Å². The average Bonchev–Trinajstić information content (AvgIpc) is 2.27. The first kappa shape index (κ1) is 17.4. The van der Waals surface area contributed by atoms with Crippen LogP contribution in [0, 0.1) is 17.2 Å². The summed E-state index contributed by atoms with van der Waals surface area (Å²) in [5.74, 6) is 0.712.